The Morgan fingerprint density at radius 1 is 0.594 bits per heavy atom. The SMILES string of the molecule is CC(=O)N[C@@H](Cc1cn(CCP(=O)(O)O)nn1)C(=O)N[C@@H](C)C(=O)N[C@@H](CCCCN)C(=O)N[C@@H](Cc1cn(CCP(=O)(O)O)nn1)C(=O)N[C@@H](C)C(=O)N[C@@H](CCCCN)C(=O)O. The van der Waals surface area contributed by atoms with E-state index in [0.717, 1.165) is 16.3 Å². The highest BCUT2D eigenvalue weighted by Gasteiger charge is 2.32. The number of aryl methyl sites for hydroxylation is 2. The topological polar surface area (TPSA) is 440 Å². The molecule has 0 unspecified atom stereocenters. The number of unbranched alkanes of at least 4 members (excludes halogenated alkanes) is 2. The van der Waals surface area contributed by atoms with Gasteiger partial charge in [-0.25, -0.2) is 4.79 Å². The number of hydrogen-bond donors (Lipinski definition) is 13. The van der Waals surface area contributed by atoms with Gasteiger partial charge in [-0.1, -0.05) is 10.4 Å². The van der Waals surface area contributed by atoms with Crippen molar-refractivity contribution >= 4 is 56.6 Å². The van der Waals surface area contributed by atoms with Gasteiger partial charge in [0.1, 0.15) is 36.3 Å². The van der Waals surface area contributed by atoms with Gasteiger partial charge in [0.25, 0.3) is 0 Å². The number of nitrogens with two attached hydrogens (primary N) is 2. The van der Waals surface area contributed by atoms with Crippen molar-refractivity contribution in [2.45, 2.75) is 121 Å². The van der Waals surface area contributed by atoms with E-state index < -0.39 is 105 Å². The molecule has 0 aliphatic rings. The number of carboxylic acid groups (broad SMARTS) is 1. The van der Waals surface area contributed by atoms with Crippen molar-refractivity contribution < 1.29 is 67.4 Å². The molecule has 64 heavy (non-hydrogen) atoms. The third-order valence-electron chi connectivity index (χ3n) is 9.21. The van der Waals surface area contributed by atoms with E-state index in [2.05, 4.69) is 52.5 Å². The molecule has 2 aromatic rings. The number of amides is 6. The molecular weight excluding hydrogens is 890 g/mol. The minimum atomic E-state index is -4.41. The highest BCUT2D eigenvalue weighted by molar-refractivity contribution is 7.52. The number of carbonyl (C=O) groups excluding carboxylic acids is 6. The Morgan fingerprint density at radius 2 is 0.969 bits per heavy atom. The molecule has 2 aromatic heterocycles. The fourth-order valence-corrected chi connectivity index (χ4v) is 6.70. The van der Waals surface area contributed by atoms with Crippen LogP contribution in [0.5, 0.6) is 0 Å². The van der Waals surface area contributed by atoms with Crippen LogP contribution in [0.15, 0.2) is 12.4 Å². The van der Waals surface area contributed by atoms with Crippen LogP contribution in [0, 0.1) is 0 Å². The summed E-state index contributed by atoms with van der Waals surface area (Å²) in [7, 11) is -8.75. The van der Waals surface area contributed by atoms with Crippen LogP contribution in [0.3, 0.4) is 0 Å². The van der Waals surface area contributed by atoms with Crippen LogP contribution >= 0.6 is 15.2 Å². The molecule has 28 nitrogen and oxygen atoms in total. The van der Waals surface area contributed by atoms with Gasteiger partial charge in [-0.15, -0.1) is 10.2 Å². The van der Waals surface area contributed by atoms with Crippen LogP contribution in [0.1, 0.15) is 70.7 Å². The predicted octanol–water partition coefficient (Wildman–Crippen LogP) is -4.68. The third-order valence-corrected chi connectivity index (χ3v) is 10.8. The lowest BCUT2D eigenvalue weighted by molar-refractivity contribution is -0.142. The first-order valence-electron chi connectivity index (χ1n) is 20.2. The number of hydrogen-bond acceptors (Lipinski definition) is 15. The summed E-state index contributed by atoms with van der Waals surface area (Å²) in [5, 5.41) is 39.8. The van der Waals surface area contributed by atoms with E-state index in [4.69, 9.17) is 21.3 Å². The molecule has 0 aromatic carbocycles. The van der Waals surface area contributed by atoms with Crippen LogP contribution in [0.4, 0.5) is 0 Å². The first-order chi connectivity index (χ1) is 29.9. The molecule has 0 bridgehead atoms. The molecule has 0 aliphatic heterocycles. The maximum atomic E-state index is 13.9. The highest BCUT2D eigenvalue weighted by atomic mass is 31.2. The molecule has 0 spiro atoms. The Labute approximate surface area is 367 Å². The van der Waals surface area contributed by atoms with Gasteiger partial charge in [-0.05, 0) is 65.5 Å². The van der Waals surface area contributed by atoms with E-state index in [1.807, 2.05) is 0 Å². The molecule has 360 valence electrons. The highest BCUT2D eigenvalue weighted by Crippen LogP contribution is 2.34. The Kier molecular flexibility index (Phi) is 22.8. The Hall–Kier alpha value is -5.21. The molecule has 2 heterocycles. The lowest BCUT2D eigenvalue weighted by Gasteiger charge is -2.26. The number of rotatable bonds is 30. The fraction of sp³-hybridized carbons (Fsp3) is 0.676. The summed E-state index contributed by atoms with van der Waals surface area (Å²) in [6, 6.07) is -8.07. The number of aromatic nitrogens is 6. The molecule has 2 rings (SSSR count). The quantitative estimate of drug-likeness (QED) is 0.0258. The van der Waals surface area contributed by atoms with Gasteiger partial charge in [-0.2, -0.15) is 0 Å². The van der Waals surface area contributed by atoms with Crippen LogP contribution in [-0.4, -0.2) is 158 Å². The molecule has 0 saturated carbocycles. The molecule has 15 N–H and O–H groups in total. The average Bonchev–Trinajstić information content (AvgIpc) is 3.86. The standard InChI is InChI=1S/C34H60N14O14P2/c1-20(37-32(53)27(39-22(3)49)16-23-18-47(45-43-23)12-14-63(57,58)59)29(50)40-25(8-4-6-10-35)31(52)42-28(17-24-19-48(46-44-24)13-15-64(60,61)62)33(54)38-21(2)30(51)41-26(34(55)56)9-5-7-11-36/h18-21,25-28H,4-17,35-36H2,1-3H3,(H,37,53)(H,38,54)(H,39,49)(H,40,50)(H,41,51)(H,42,52)(H,55,56)(H2,57,58,59)(H2,60,61,62)/t20-,21-,25-,26-,27-,28-/m0/s1. The number of carboxylic acids is 1. The van der Waals surface area contributed by atoms with Crippen molar-refractivity contribution in [3.05, 3.63) is 23.8 Å². The second kappa shape index (κ2) is 26.5. The summed E-state index contributed by atoms with van der Waals surface area (Å²) < 4.78 is 24.9. The normalized spacial score (nSPS) is 14.5. The van der Waals surface area contributed by atoms with Gasteiger partial charge in [0, 0.05) is 32.2 Å². The number of aliphatic carboxylic acids is 1. The molecule has 6 amide bonds. The van der Waals surface area contributed by atoms with E-state index in [-0.39, 0.29) is 56.7 Å². The molecule has 0 aliphatic carbocycles. The van der Waals surface area contributed by atoms with Gasteiger partial charge >= 0.3 is 21.2 Å². The fourth-order valence-electron chi connectivity index (χ4n) is 5.77. The van der Waals surface area contributed by atoms with E-state index in [9.17, 15) is 57.6 Å². The second-order valence-corrected chi connectivity index (χ2v) is 18.5. The number of carbonyl (C=O) groups is 7. The zero-order valence-electron chi connectivity index (χ0n) is 35.7. The monoisotopic (exact) mass is 950 g/mol. The Morgan fingerprint density at radius 3 is 1.36 bits per heavy atom. The van der Waals surface area contributed by atoms with E-state index in [0.29, 0.717) is 32.2 Å². The van der Waals surface area contributed by atoms with Gasteiger partial charge in [-0.3, -0.25) is 47.3 Å². The minimum absolute atomic E-state index is 0.00588. The van der Waals surface area contributed by atoms with Crippen LogP contribution < -0.4 is 43.4 Å². The second-order valence-electron chi connectivity index (χ2n) is 14.9. The van der Waals surface area contributed by atoms with E-state index in [1.165, 1.54) is 26.2 Å². The summed E-state index contributed by atoms with van der Waals surface area (Å²) in [6.45, 7) is 3.86. The Bertz CT molecular complexity index is 1990. The smallest absolute Gasteiger partial charge is 0.327 e. The van der Waals surface area contributed by atoms with Crippen molar-refractivity contribution in [3.8, 4) is 0 Å². The van der Waals surface area contributed by atoms with E-state index in [1.54, 1.807) is 0 Å². The Balaban J connectivity index is 2.29. The first kappa shape index (κ1) is 54.9. The van der Waals surface area contributed by atoms with Gasteiger partial charge in [0.15, 0.2) is 0 Å². The predicted molar refractivity (Wildman–Crippen MR) is 223 cm³/mol. The maximum absolute atomic E-state index is 13.9. The lowest BCUT2D eigenvalue weighted by atomic mass is 10.1. The zero-order chi connectivity index (χ0) is 48.2. The molecule has 0 saturated heterocycles. The zero-order valence-corrected chi connectivity index (χ0v) is 37.4. The molecule has 0 radical (unpaired) electrons. The van der Waals surface area contributed by atoms with Crippen molar-refractivity contribution in [1.82, 2.24) is 61.9 Å². The van der Waals surface area contributed by atoms with Gasteiger partial charge in [0.2, 0.25) is 35.4 Å². The van der Waals surface area contributed by atoms with Gasteiger partial charge in [0.05, 0.1) is 36.8 Å². The summed E-state index contributed by atoms with van der Waals surface area (Å²) in [5.41, 5.74) is 11.4. The average molecular weight is 951 g/mol. The van der Waals surface area contributed by atoms with Gasteiger partial charge < -0.3 is 68.0 Å². The number of nitrogens with zero attached hydrogens (tertiary/aromatic N) is 6. The van der Waals surface area contributed by atoms with E-state index >= 15 is 0 Å². The molecule has 6 atom stereocenters. The largest absolute Gasteiger partial charge is 0.480 e. The van der Waals surface area contributed by atoms with Crippen molar-refractivity contribution in [2.24, 2.45) is 11.5 Å². The van der Waals surface area contributed by atoms with Crippen molar-refractivity contribution in [2.75, 3.05) is 25.4 Å². The summed E-state index contributed by atoms with van der Waals surface area (Å²) in [4.78, 5) is 128. The summed E-state index contributed by atoms with van der Waals surface area (Å²) in [6.07, 6.45) is 2.63. The minimum Gasteiger partial charge on any atom is -0.480 e. The van der Waals surface area contributed by atoms with Crippen LogP contribution in [0.2, 0.25) is 0 Å². The van der Waals surface area contributed by atoms with Crippen LogP contribution in [-0.2, 0) is 68.6 Å². The lowest BCUT2D eigenvalue weighted by Crippen LogP contribution is -2.59. The number of nitrogens with one attached hydrogen (secondary N) is 6. The summed E-state index contributed by atoms with van der Waals surface area (Å²) >= 11 is 0. The summed E-state index contributed by atoms with van der Waals surface area (Å²) in [5.74, 6) is -6.28. The third kappa shape index (κ3) is 21.4. The molecule has 30 heteroatoms. The maximum Gasteiger partial charge on any atom is 0.327 e. The molecular formula is C34H60N14O14P2. The molecule has 0 fully saturated rings. The van der Waals surface area contributed by atoms with Crippen LogP contribution in [0.25, 0.3) is 0 Å². The first-order valence-corrected chi connectivity index (χ1v) is 23.8. The van der Waals surface area contributed by atoms with Crippen molar-refractivity contribution in [1.29, 1.82) is 0 Å². The van der Waals surface area contributed by atoms with Crippen molar-refractivity contribution in [3.63, 3.8) is 0 Å².